The van der Waals surface area contributed by atoms with Gasteiger partial charge in [0.25, 0.3) is 0 Å². The summed E-state index contributed by atoms with van der Waals surface area (Å²) in [4.78, 5) is 17.8. The summed E-state index contributed by atoms with van der Waals surface area (Å²) < 4.78 is 6.09. The maximum atomic E-state index is 13.1. The molecule has 5 heteroatoms. The van der Waals surface area contributed by atoms with Gasteiger partial charge in [-0.2, -0.15) is 0 Å². The van der Waals surface area contributed by atoms with Crippen LogP contribution in [0.2, 0.25) is 0 Å². The lowest BCUT2D eigenvalue weighted by Gasteiger charge is -2.36. The number of piperazine rings is 1. The van der Waals surface area contributed by atoms with Crippen LogP contribution in [0.1, 0.15) is 32.6 Å². The van der Waals surface area contributed by atoms with Gasteiger partial charge in [0.05, 0.1) is 11.1 Å². The van der Waals surface area contributed by atoms with Crippen LogP contribution in [-0.4, -0.2) is 42.0 Å². The van der Waals surface area contributed by atoms with Gasteiger partial charge in [0.1, 0.15) is 11.5 Å². The highest BCUT2D eigenvalue weighted by Gasteiger charge is 2.34. The number of hydrogen-bond acceptors (Lipinski definition) is 5. The number of carbonyl (C=O) groups excluding carboxylic acids is 1. The molecule has 0 unspecified atom stereocenters. The van der Waals surface area contributed by atoms with E-state index in [0.717, 1.165) is 42.9 Å². The number of aryl methyl sites for hydroxylation is 2. The first kappa shape index (κ1) is 21.3. The minimum absolute atomic E-state index is 0.127. The third-order valence-corrected chi connectivity index (χ3v) is 6.47. The molecule has 0 aromatic heterocycles. The Morgan fingerprint density at radius 3 is 2.36 bits per heavy atom. The molecule has 168 valence electrons. The van der Waals surface area contributed by atoms with Crippen LogP contribution in [0.25, 0.3) is 6.08 Å². The molecule has 3 aromatic rings. The van der Waals surface area contributed by atoms with Crippen LogP contribution in [0.4, 0.5) is 5.69 Å². The summed E-state index contributed by atoms with van der Waals surface area (Å²) in [6.07, 6.45) is 1.78. The number of benzene rings is 3. The monoisotopic (exact) mass is 440 g/mol. The summed E-state index contributed by atoms with van der Waals surface area (Å²) in [6, 6.07) is 20.1. The van der Waals surface area contributed by atoms with Crippen molar-refractivity contribution in [2.75, 3.05) is 31.1 Å². The normalized spacial score (nSPS) is 17.3. The second-order valence-corrected chi connectivity index (χ2v) is 8.84. The lowest BCUT2D eigenvalue weighted by Crippen LogP contribution is -2.46. The van der Waals surface area contributed by atoms with Gasteiger partial charge in [0.15, 0.2) is 5.76 Å². The Kier molecular flexibility index (Phi) is 5.65. The number of ether oxygens (including phenoxy) is 1. The Morgan fingerprint density at radius 1 is 0.970 bits per heavy atom. The number of phenols is 1. The molecular weight excluding hydrogens is 412 g/mol. The molecule has 1 N–H and O–H groups in total. The van der Waals surface area contributed by atoms with Gasteiger partial charge in [0, 0.05) is 38.4 Å². The molecule has 0 radical (unpaired) electrons. The summed E-state index contributed by atoms with van der Waals surface area (Å²) in [5.74, 6) is 0.860. The quantitative estimate of drug-likeness (QED) is 0.582. The number of rotatable bonds is 4. The van der Waals surface area contributed by atoms with Crippen LogP contribution in [0.5, 0.6) is 11.5 Å². The predicted molar refractivity (Wildman–Crippen MR) is 131 cm³/mol. The molecule has 0 amide bonds. The van der Waals surface area contributed by atoms with Crippen LogP contribution < -0.4 is 9.64 Å². The van der Waals surface area contributed by atoms with Crippen LogP contribution in [0.15, 0.2) is 66.4 Å². The number of nitrogens with zero attached hydrogens (tertiary/aromatic N) is 2. The maximum absolute atomic E-state index is 13.1. The fourth-order valence-corrected chi connectivity index (χ4v) is 4.57. The van der Waals surface area contributed by atoms with Gasteiger partial charge < -0.3 is 14.7 Å². The number of anilines is 1. The zero-order valence-corrected chi connectivity index (χ0v) is 19.0. The summed E-state index contributed by atoms with van der Waals surface area (Å²) in [5, 5.41) is 10.8. The number of hydrogen-bond donors (Lipinski definition) is 1. The number of carbonyl (C=O) groups is 1. The first-order valence-electron chi connectivity index (χ1n) is 11.4. The highest BCUT2D eigenvalue weighted by molar-refractivity contribution is 6.15. The van der Waals surface area contributed by atoms with Gasteiger partial charge in [0.2, 0.25) is 5.78 Å². The standard InChI is InChI=1S/C28H28N2O3/c1-19-8-10-21(11-9-19)17-25-27(32)26-20(2)16-24(31)23(28(26)33-25)18-29-12-14-30(15-13-29)22-6-4-3-5-7-22/h3-11,16-17,31H,12-15,18H2,1-2H3/b25-17-. The molecule has 3 aromatic carbocycles. The van der Waals surface area contributed by atoms with Crippen LogP contribution in [0.3, 0.4) is 0 Å². The Morgan fingerprint density at radius 2 is 1.67 bits per heavy atom. The smallest absolute Gasteiger partial charge is 0.232 e. The van der Waals surface area contributed by atoms with Gasteiger partial charge in [-0.05, 0) is 49.2 Å². The van der Waals surface area contributed by atoms with Crippen molar-refractivity contribution in [2.45, 2.75) is 20.4 Å². The molecule has 0 atom stereocenters. The maximum Gasteiger partial charge on any atom is 0.232 e. The Bertz CT molecular complexity index is 1210. The molecule has 2 heterocycles. The molecular formula is C28H28N2O3. The van der Waals surface area contributed by atoms with Gasteiger partial charge in [-0.3, -0.25) is 9.69 Å². The fraction of sp³-hybridized carbons (Fsp3) is 0.250. The highest BCUT2D eigenvalue weighted by atomic mass is 16.5. The molecule has 1 fully saturated rings. The number of para-hydroxylation sites is 1. The summed E-state index contributed by atoms with van der Waals surface area (Å²) >= 11 is 0. The van der Waals surface area contributed by atoms with Crippen molar-refractivity contribution in [3.05, 3.63) is 94.2 Å². The zero-order chi connectivity index (χ0) is 22.9. The molecule has 33 heavy (non-hydrogen) atoms. The summed E-state index contributed by atoms with van der Waals surface area (Å²) in [5.41, 5.74) is 5.29. The van der Waals surface area contributed by atoms with Crippen LogP contribution >= 0.6 is 0 Å². The van der Waals surface area contributed by atoms with E-state index in [4.69, 9.17) is 4.74 Å². The third-order valence-electron chi connectivity index (χ3n) is 6.47. The van der Waals surface area contributed by atoms with E-state index in [1.807, 2.05) is 44.2 Å². The number of ketones is 1. The lowest BCUT2D eigenvalue weighted by molar-refractivity contribution is 0.101. The molecule has 5 nitrogen and oxygen atoms in total. The topological polar surface area (TPSA) is 53.0 Å². The molecule has 2 aliphatic heterocycles. The van der Waals surface area contributed by atoms with E-state index < -0.39 is 0 Å². The second-order valence-electron chi connectivity index (χ2n) is 8.84. The number of aromatic hydroxyl groups is 1. The summed E-state index contributed by atoms with van der Waals surface area (Å²) in [6.45, 7) is 7.99. The van der Waals surface area contributed by atoms with E-state index >= 15 is 0 Å². The molecule has 0 bridgehead atoms. The van der Waals surface area contributed by atoms with Gasteiger partial charge in [-0.25, -0.2) is 0 Å². The van der Waals surface area contributed by atoms with Crippen molar-refractivity contribution in [3.8, 4) is 11.5 Å². The SMILES string of the molecule is Cc1ccc(/C=C2\Oc3c(CN4CCN(c5ccccc5)CC4)c(O)cc(C)c3C2=O)cc1. The largest absolute Gasteiger partial charge is 0.507 e. The van der Waals surface area contributed by atoms with Gasteiger partial charge >= 0.3 is 0 Å². The average molecular weight is 441 g/mol. The van der Waals surface area contributed by atoms with Gasteiger partial charge in [-0.15, -0.1) is 0 Å². The van der Waals surface area contributed by atoms with E-state index in [-0.39, 0.29) is 11.5 Å². The second kappa shape index (κ2) is 8.75. The Hall–Kier alpha value is -3.57. The average Bonchev–Trinajstić information content (AvgIpc) is 3.15. The highest BCUT2D eigenvalue weighted by Crippen LogP contribution is 2.42. The van der Waals surface area contributed by atoms with Gasteiger partial charge in [-0.1, -0.05) is 48.0 Å². The van der Waals surface area contributed by atoms with Crippen molar-refractivity contribution in [2.24, 2.45) is 0 Å². The Labute approximate surface area is 194 Å². The minimum atomic E-state index is -0.127. The van der Waals surface area contributed by atoms with E-state index in [1.54, 1.807) is 12.1 Å². The molecule has 0 spiro atoms. The predicted octanol–water partition coefficient (Wildman–Crippen LogP) is 4.95. The number of Topliss-reactive ketones (excluding diaryl/α,β-unsaturated/α-hetero) is 1. The number of allylic oxidation sites excluding steroid dienone is 1. The lowest BCUT2D eigenvalue weighted by atomic mass is 9.99. The van der Waals surface area contributed by atoms with Crippen LogP contribution in [0, 0.1) is 13.8 Å². The van der Waals surface area contributed by atoms with E-state index in [2.05, 4.69) is 34.1 Å². The van der Waals surface area contributed by atoms with Crippen LogP contribution in [-0.2, 0) is 6.54 Å². The van der Waals surface area contributed by atoms with E-state index in [9.17, 15) is 9.90 Å². The number of fused-ring (bicyclic) bond motifs is 1. The zero-order valence-electron chi connectivity index (χ0n) is 19.0. The first-order chi connectivity index (χ1) is 16.0. The first-order valence-corrected chi connectivity index (χ1v) is 11.4. The molecule has 2 aliphatic rings. The van der Waals surface area contributed by atoms with Crippen molar-refractivity contribution in [1.82, 2.24) is 4.90 Å². The Balaban J connectivity index is 1.37. The molecule has 5 rings (SSSR count). The fourth-order valence-electron chi connectivity index (χ4n) is 4.57. The molecule has 0 aliphatic carbocycles. The third kappa shape index (κ3) is 4.24. The van der Waals surface area contributed by atoms with Crippen molar-refractivity contribution >= 4 is 17.5 Å². The molecule has 0 saturated carbocycles. The van der Waals surface area contributed by atoms with E-state index in [1.165, 1.54) is 5.69 Å². The van der Waals surface area contributed by atoms with Crippen molar-refractivity contribution < 1.29 is 14.6 Å². The minimum Gasteiger partial charge on any atom is -0.507 e. The van der Waals surface area contributed by atoms with Crippen molar-refractivity contribution in [1.29, 1.82) is 0 Å². The summed E-state index contributed by atoms with van der Waals surface area (Å²) in [7, 11) is 0. The van der Waals surface area contributed by atoms with E-state index in [0.29, 0.717) is 29.2 Å². The van der Waals surface area contributed by atoms with Crippen molar-refractivity contribution in [3.63, 3.8) is 0 Å². The number of phenolic OH excluding ortho intramolecular Hbond substituents is 1. The molecule has 1 saturated heterocycles.